The summed E-state index contributed by atoms with van der Waals surface area (Å²) in [6.45, 7) is 1.02. The molecule has 3 rings (SSSR count). The number of hydrogen-bond acceptors (Lipinski definition) is 6. The molecule has 160 valence electrons. The van der Waals surface area contributed by atoms with E-state index in [0.29, 0.717) is 42.6 Å². The topological polar surface area (TPSA) is 85.9 Å². The van der Waals surface area contributed by atoms with Gasteiger partial charge in [0.05, 0.1) is 13.2 Å². The van der Waals surface area contributed by atoms with Crippen molar-refractivity contribution in [2.75, 3.05) is 37.1 Å². The molecule has 2 amide bonds. The second-order valence-corrected chi connectivity index (χ2v) is 7.69. The average molecular weight is 431 g/mol. The van der Waals surface area contributed by atoms with Gasteiger partial charge in [0.1, 0.15) is 11.8 Å². The number of rotatable bonds is 9. The number of benzene rings is 2. The van der Waals surface area contributed by atoms with E-state index in [1.807, 2.05) is 24.5 Å². The third-order valence-corrected chi connectivity index (χ3v) is 5.03. The predicted octanol–water partition coefficient (Wildman–Crippen LogP) is 3.10. The van der Waals surface area contributed by atoms with E-state index in [-0.39, 0.29) is 18.4 Å². The molecule has 0 aliphatic carbocycles. The van der Waals surface area contributed by atoms with Gasteiger partial charge in [-0.1, -0.05) is 18.2 Å². The summed E-state index contributed by atoms with van der Waals surface area (Å²) in [5.41, 5.74) is 0.591. The Bertz CT molecular complexity index is 847. The summed E-state index contributed by atoms with van der Waals surface area (Å²) in [5.74, 6) is 1.97. The quantitative estimate of drug-likeness (QED) is 0.636. The zero-order chi connectivity index (χ0) is 21.2. The predicted molar refractivity (Wildman–Crippen MR) is 118 cm³/mol. The molecule has 2 aromatic carbocycles. The van der Waals surface area contributed by atoms with Crippen molar-refractivity contribution < 1.29 is 23.8 Å². The summed E-state index contributed by atoms with van der Waals surface area (Å²) < 4.78 is 16.7. The smallest absolute Gasteiger partial charge is 0.258 e. The van der Waals surface area contributed by atoms with Crippen molar-refractivity contribution in [3.05, 3.63) is 48.5 Å². The number of ether oxygens (including phenoxy) is 3. The van der Waals surface area contributed by atoms with Crippen LogP contribution in [0.15, 0.2) is 48.5 Å². The Morgan fingerprint density at radius 1 is 1.10 bits per heavy atom. The molecule has 1 aliphatic rings. The number of nitrogens with one attached hydrogen (secondary N) is 2. The summed E-state index contributed by atoms with van der Waals surface area (Å²) in [4.78, 5) is 25.1. The number of para-hydroxylation sites is 1. The van der Waals surface area contributed by atoms with E-state index in [2.05, 4.69) is 10.6 Å². The largest absolute Gasteiger partial charge is 0.490 e. The fourth-order valence-corrected chi connectivity index (χ4v) is 3.35. The Kier molecular flexibility index (Phi) is 8.26. The highest BCUT2D eigenvalue weighted by Crippen LogP contribution is 2.32. The van der Waals surface area contributed by atoms with E-state index in [4.69, 9.17) is 14.2 Å². The van der Waals surface area contributed by atoms with Gasteiger partial charge in [0, 0.05) is 18.2 Å². The highest BCUT2D eigenvalue weighted by atomic mass is 32.2. The molecule has 1 atom stereocenters. The number of fused-ring (bicyclic) bond motifs is 1. The second kappa shape index (κ2) is 11.3. The van der Waals surface area contributed by atoms with Crippen LogP contribution in [0.4, 0.5) is 5.69 Å². The van der Waals surface area contributed by atoms with Crippen LogP contribution < -0.4 is 24.8 Å². The number of amides is 2. The lowest BCUT2D eigenvalue weighted by Gasteiger charge is -2.19. The molecule has 7 nitrogen and oxygen atoms in total. The highest BCUT2D eigenvalue weighted by Gasteiger charge is 2.21. The van der Waals surface area contributed by atoms with Crippen LogP contribution in [0.2, 0.25) is 0 Å². The van der Waals surface area contributed by atoms with Gasteiger partial charge in [-0.15, -0.1) is 0 Å². The molecular weight excluding hydrogens is 404 g/mol. The van der Waals surface area contributed by atoms with E-state index >= 15 is 0 Å². The maximum absolute atomic E-state index is 12.8. The molecule has 0 spiro atoms. The molecule has 0 saturated carbocycles. The number of carbonyl (C=O) groups is 2. The number of hydrogen-bond donors (Lipinski definition) is 2. The van der Waals surface area contributed by atoms with Crippen molar-refractivity contribution in [2.45, 2.75) is 18.9 Å². The van der Waals surface area contributed by atoms with E-state index < -0.39 is 6.04 Å². The standard InChI is InChI=1S/C22H26N2O5S/c1-30-13-10-18(24-21(25)15-29-17-6-3-2-4-7-17)22(26)23-16-8-9-19-20(14-16)28-12-5-11-27-19/h2-4,6-9,14,18H,5,10-13,15H2,1H3,(H,23,26)(H,24,25). The summed E-state index contributed by atoms with van der Waals surface area (Å²) in [7, 11) is 0. The summed E-state index contributed by atoms with van der Waals surface area (Å²) in [6.07, 6.45) is 3.28. The van der Waals surface area contributed by atoms with E-state index in [9.17, 15) is 9.59 Å². The minimum atomic E-state index is -0.666. The molecule has 0 radical (unpaired) electrons. The molecule has 30 heavy (non-hydrogen) atoms. The van der Waals surface area contributed by atoms with Gasteiger partial charge in [-0.25, -0.2) is 0 Å². The van der Waals surface area contributed by atoms with E-state index in [1.165, 1.54) is 0 Å². The molecule has 1 aliphatic heterocycles. The zero-order valence-corrected chi connectivity index (χ0v) is 17.7. The minimum Gasteiger partial charge on any atom is -0.490 e. The Balaban J connectivity index is 1.59. The van der Waals surface area contributed by atoms with Gasteiger partial charge in [-0.3, -0.25) is 9.59 Å². The van der Waals surface area contributed by atoms with Gasteiger partial charge < -0.3 is 24.8 Å². The van der Waals surface area contributed by atoms with Gasteiger partial charge in [-0.05, 0) is 42.7 Å². The van der Waals surface area contributed by atoms with Crippen molar-refractivity contribution in [3.63, 3.8) is 0 Å². The number of thioether (sulfide) groups is 1. The normalized spacial score (nSPS) is 13.6. The Morgan fingerprint density at radius 3 is 2.63 bits per heavy atom. The first-order valence-electron chi connectivity index (χ1n) is 9.82. The molecular formula is C22H26N2O5S. The first-order valence-corrected chi connectivity index (χ1v) is 11.2. The van der Waals surface area contributed by atoms with Gasteiger partial charge in [0.25, 0.3) is 5.91 Å². The average Bonchev–Trinajstić information content (AvgIpc) is 3.01. The van der Waals surface area contributed by atoms with Crippen molar-refractivity contribution in [1.82, 2.24) is 5.32 Å². The maximum Gasteiger partial charge on any atom is 0.258 e. The van der Waals surface area contributed by atoms with Crippen molar-refractivity contribution in [1.29, 1.82) is 0 Å². The lowest BCUT2D eigenvalue weighted by molar-refractivity contribution is -0.127. The molecule has 1 heterocycles. The summed E-state index contributed by atoms with van der Waals surface area (Å²) >= 11 is 1.61. The zero-order valence-electron chi connectivity index (χ0n) is 16.9. The monoisotopic (exact) mass is 430 g/mol. The van der Waals surface area contributed by atoms with Crippen molar-refractivity contribution in [2.24, 2.45) is 0 Å². The second-order valence-electron chi connectivity index (χ2n) is 6.70. The van der Waals surface area contributed by atoms with Gasteiger partial charge in [0.2, 0.25) is 5.91 Å². The van der Waals surface area contributed by atoms with Crippen LogP contribution in [-0.2, 0) is 9.59 Å². The van der Waals surface area contributed by atoms with Crippen LogP contribution >= 0.6 is 11.8 Å². The molecule has 2 N–H and O–H groups in total. The first kappa shape index (κ1) is 21.8. The van der Waals surface area contributed by atoms with Crippen LogP contribution in [0, 0.1) is 0 Å². The SMILES string of the molecule is CSCCC(NC(=O)COc1ccccc1)C(=O)Nc1ccc2c(c1)OCCCO2. The fourth-order valence-electron chi connectivity index (χ4n) is 2.88. The maximum atomic E-state index is 12.8. The molecule has 0 bridgehead atoms. The van der Waals surface area contributed by atoms with E-state index in [1.54, 1.807) is 42.1 Å². The molecule has 1 unspecified atom stereocenters. The van der Waals surface area contributed by atoms with Crippen molar-refractivity contribution in [3.8, 4) is 17.2 Å². The summed E-state index contributed by atoms with van der Waals surface area (Å²) in [6, 6.07) is 13.7. The molecule has 2 aromatic rings. The number of anilines is 1. The highest BCUT2D eigenvalue weighted by molar-refractivity contribution is 7.98. The van der Waals surface area contributed by atoms with Gasteiger partial charge in [0.15, 0.2) is 18.1 Å². The van der Waals surface area contributed by atoms with Crippen molar-refractivity contribution >= 4 is 29.3 Å². The molecule has 0 saturated heterocycles. The number of carbonyl (C=O) groups excluding carboxylic acids is 2. The minimum absolute atomic E-state index is 0.156. The van der Waals surface area contributed by atoms with Crippen LogP contribution in [0.3, 0.4) is 0 Å². The first-order chi connectivity index (χ1) is 14.7. The van der Waals surface area contributed by atoms with Gasteiger partial charge >= 0.3 is 0 Å². The lowest BCUT2D eigenvalue weighted by atomic mass is 10.2. The van der Waals surface area contributed by atoms with Gasteiger partial charge in [-0.2, -0.15) is 11.8 Å². The van der Waals surface area contributed by atoms with Crippen LogP contribution in [0.1, 0.15) is 12.8 Å². The summed E-state index contributed by atoms with van der Waals surface area (Å²) in [5, 5.41) is 5.63. The fraction of sp³-hybridized carbons (Fsp3) is 0.364. The Hall–Kier alpha value is -2.87. The lowest BCUT2D eigenvalue weighted by Crippen LogP contribution is -2.45. The third-order valence-electron chi connectivity index (χ3n) is 4.39. The third kappa shape index (κ3) is 6.59. The van der Waals surface area contributed by atoms with Crippen LogP contribution in [0.5, 0.6) is 17.2 Å². The molecule has 0 aromatic heterocycles. The molecule has 8 heteroatoms. The van der Waals surface area contributed by atoms with Crippen LogP contribution in [-0.4, -0.2) is 49.7 Å². The Labute approximate surface area is 180 Å². The van der Waals surface area contributed by atoms with E-state index in [0.717, 1.165) is 12.2 Å². The van der Waals surface area contributed by atoms with Crippen LogP contribution in [0.25, 0.3) is 0 Å². The Morgan fingerprint density at radius 2 is 1.87 bits per heavy atom. The molecule has 0 fully saturated rings.